The molecule has 2 atom stereocenters. The Morgan fingerprint density at radius 1 is 0.920 bits per heavy atom. The number of carboxylic acid groups (broad SMARTS) is 1. The molecule has 0 aliphatic heterocycles. The van der Waals surface area contributed by atoms with E-state index in [2.05, 4.69) is 5.32 Å². The molecule has 0 unspecified atom stereocenters. The van der Waals surface area contributed by atoms with E-state index < -0.39 is 17.8 Å². The second-order valence-corrected chi connectivity index (χ2v) is 6.30. The smallest absolute Gasteiger partial charge is 0.307 e. The number of amides is 1. The first-order valence-electron chi connectivity index (χ1n) is 8.45. The Kier molecular flexibility index (Phi) is 5.29. The van der Waals surface area contributed by atoms with Crippen molar-refractivity contribution >= 4 is 17.6 Å². The van der Waals surface area contributed by atoms with Crippen molar-refractivity contribution in [3.63, 3.8) is 0 Å². The largest absolute Gasteiger partial charge is 0.481 e. The molecule has 0 bridgehead atoms. The zero-order valence-corrected chi connectivity index (χ0v) is 13.9. The van der Waals surface area contributed by atoms with Gasteiger partial charge >= 0.3 is 5.97 Å². The van der Waals surface area contributed by atoms with Crippen LogP contribution in [-0.4, -0.2) is 17.0 Å². The summed E-state index contributed by atoms with van der Waals surface area (Å²) < 4.78 is 0. The van der Waals surface area contributed by atoms with Crippen molar-refractivity contribution < 1.29 is 14.7 Å². The van der Waals surface area contributed by atoms with Gasteiger partial charge in [0, 0.05) is 5.69 Å². The number of carbonyl (C=O) groups excluding carboxylic acids is 1. The Balaban J connectivity index is 1.77. The van der Waals surface area contributed by atoms with Gasteiger partial charge in [-0.05, 0) is 36.5 Å². The van der Waals surface area contributed by atoms with Crippen molar-refractivity contribution in [1.29, 1.82) is 0 Å². The molecular formula is C21H21NO3. The zero-order chi connectivity index (χ0) is 17.6. The standard InChI is InChI=1S/C21H21NO3/c23-20(17-11-5-6-12-18(17)21(24)25)22-19-13-7-4-10-16(19)14-15-8-2-1-3-9-15/h1-10,13,17-18H,11-12,14H2,(H,22,23)(H,24,25)/t17-,18+/m0/s1. The number of rotatable bonds is 5. The van der Waals surface area contributed by atoms with Crippen LogP contribution < -0.4 is 5.32 Å². The van der Waals surface area contributed by atoms with Gasteiger partial charge in [-0.3, -0.25) is 9.59 Å². The summed E-state index contributed by atoms with van der Waals surface area (Å²) >= 11 is 0. The number of para-hydroxylation sites is 1. The highest BCUT2D eigenvalue weighted by Gasteiger charge is 2.34. The second kappa shape index (κ2) is 7.79. The molecular weight excluding hydrogens is 314 g/mol. The maximum absolute atomic E-state index is 12.7. The van der Waals surface area contributed by atoms with Crippen LogP contribution in [0.4, 0.5) is 5.69 Å². The van der Waals surface area contributed by atoms with Crippen molar-refractivity contribution in [3.05, 3.63) is 77.9 Å². The number of allylic oxidation sites excluding steroid dienone is 2. The summed E-state index contributed by atoms with van der Waals surface area (Å²) in [5.41, 5.74) is 2.92. The van der Waals surface area contributed by atoms with Crippen LogP contribution in [0.1, 0.15) is 24.0 Å². The maximum atomic E-state index is 12.7. The molecule has 0 aromatic heterocycles. The van der Waals surface area contributed by atoms with Gasteiger partial charge in [-0.2, -0.15) is 0 Å². The Labute approximate surface area is 147 Å². The van der Waals surface area contributed by atoms with E-state index in [1.807, 2.05) is 66.7 Å². The molecule has 0 fully saturated rings. The summed E-state index contributed by atoms with van der Waals surface area (Å²) in [5.74, 6) is -2.34. The number of carboxylic acids is 1. The normalized spacial score (nSPS) is 19.4. The van der Waals surface area contributed by atoms with E-state index in [9.17, 15) is 14.7 Å². The average Bonchev–Trinajstić information content (AvgIpc) is 2.64. The Bertz CT molecular complexity index is 783. The van der Waals surface area contributed by atoms with Gasteiger partial charge in [0.25, 0.3) is 0 Å². The molecule has 25 heavy (non-hydrogen) atoms. The number of aliphatic carboxylic acids is 1. The molecule has 128 valence electrons. The van der Waals surface area contributed by atoms with Gasteiger partial charge in [-0.25, -0.2) is 0 Å². The lowest BCUT2D eigenvalue weighted by atomic mass is 9.82. The first-order chi connectivity index (χ1) is 12.1. The average molecular weight is 335 g/mol. The molecule has 0 saturated heterocycles. The Morgan fingerprint density at radius 2 is 1.56 bits per heavy atom. The minimum Gasteiger partial charge on any atom is -0.481 e. The third kappa shape index (κ3) is 4.15. The lowest BCUT2D eigenvalue weighted by molar-refractivity contribution is -0.146. The van der Waals surface area contributed by atoms with Crippen LogP contribution in [0, 0.1) is 11.8 Å². The molecule has 3 rings (SSSR count). The molecule has 1 amide bonds. The molecule has 2 N–H and O–H groups in total. The van der Waals surface area contributed by atoms with Crippen LogP contribution in [0.15, 0.2) is 66.7 Å². The second-order valence-electron chi connectivity index (χ2n) is 6.30. The van der Waals surface area contributed by atoms with E-state index in [1.165, 1.54) is 0 Å². The summed E-state index contributed by atoms with van der Waals surface area (Å²) in [6, 6.07) is 17.7. The minimum absolute atomic E-state index is 0.225. The summed E-state index contributed by atoms with van der Waals surface area (Å²) in [5, 5.41) is 12.3. The monoisotopic (exact) mass is 335 g/mol. The van der Waals surface area contributed by atoms with Gasteiger partial charge in [0.2, 0.25) is 5.91 Å². The molecule has 4 nitrogen and oxygen atoms in total. The number of benzene rings is 2. The number of anilines is 1. The van der Waals surface area contributed by atoms with E-state index in [-0.39, 0.29) is 5.91 Å². The third-order valence-corrected chi connectivity index (χ3v) is 4.60. The quantitative estimate of drug-likeness (QED) is 0.815. The van der Waals surface area contributed by atoms with Crippen molar-refractivity contribution in [3.8, 4) is 0 Å². The zero-order valence-electron chi connectivity index (χ0n) is 13.9. The fourth-order valence-electron chi connectivity index (χ4n) is 3.21. The number of nitrogens with one attached hydrogen (secondary N) is 1. The highest BCUT2D eigenvalue weighted by atomic mass is 16.4. The highest BCUT2D eigenvalue weighted by Crippen LogP contribution is 2.28. The topological polar surface area (TPSA) is 66.4 Å². The van der Waals surface area contributed by atoms with Crippen LogP contribution >= 0.6 is 0 Å². The summed E-state index contributed by atoms with van der Waals surface area (Å²) in [6.45, 7) is 0. The van der Waals surface area contributed by atoms with Gasteiger partial charge in [-0.15, -0.1) is 0 Å². The van der Waals surface area contributed by atoms with Crippen molar-refractivity contribution in [2.75, 3.05) is 5.32 Å². The van der Waals surface area contributed by atoms with Crippen molar-refractivity contribution in [2.24, 2.45) is 11.8 Å². The van der Waals surface area contributed by atoms with Crippen LogP contribution in [-0.2, 0) is 16.0 Å². The molecule has 0 radical (unpaired) electrons. The van der Waals surface area contributed by atoms with Crippen LogP contribution in [0.25, 0.3) is 0 Å². The molecule has 1 aliphatic rings. The van der Waals surface area contributed by atoms with Crippen LogP contribution in [0.3, 0.4) is 0 Å². The first-order valence-corrected chi connectivity index (χ1v) is 8.45. The first kappa shape index (κ1) is 17.0. The van der Waals surface area contributed by atoms with Crippen molar-refractivity contribution in [2.45, 2.75) is 19.3 Å². The predicted octanol–water partition coefficient (Wildman–Crippen LogP) is 3.88. The van der Waals surface area contributed by atoms with E-state index >= 15 is 0 Å². The highest BCUT2D eigenvalue weighted by molar-refractivity contribution is 5.96. The van der Waals surface area contributed by atoms with Crippen molar-refractivity contribution in [1.82, 2.24) is 0 Å². The SMILES string of the molecule is O=C(Nc1ccccc1Cc1ccccc1)[C@H]1CC=CC[C@H]1C(=O)O. The van der Waals surface area contributed by atoms with Gasteiger partial charge in [-0.1, -0.05) is 60.7 Å². The molecule has 2 aromatic carbocycles. The molecule has 1 aliphatic carbocycles. The van der Waals surface area contributed by atoms with E-state index in [0.29, 0.717) is 19.3 Å². The van der Waals surface area contributed by atoms with Gasteiger partial charge < -0.3 is 10.4 Å². The molecule has 0 saturated carbocycles. The fraction of sp³-hybridized carbons (Fsp3) is 0.238. The minimum atomic E-state index is -0.915. The van der Waals surface area contributed by atoms with Crippen LogP contribution in [0.5, 0.6) is 0 Å². The molecule has 0 heterocycles. The third-order valence-electron chi connectivity index (χ3n) is 4.60. The summed E-state index contributed by atoms with van der Waals surface area (Å²) in [4.78, 5) is 24.1. The number of hydrogen-bond donors (Lipinski definition) is 2. The van der Waals surface area contributed by atoms with E-state index in [0.717, 1.165) is 16.8 Å². The van der Waals surface area contributed by atoms with Gasteiger partial charge in [0.1, 0.15) is 0 Å². The summed E-state index contributed by atoms with van der Waals surface area (Å²) in [6.07, 6.45) is 5.30. The lowest BCUT2D eigenvalue weighted by Crippen LogP contribution is -2.34. The molecule has 2 aromatic rings. The Hall–Kier alpha value is -2.88. The summed E-state index contributed by atoms with van der Waals surface area (Å²) in [7, 11) is 0. The fourth-order valence-corrected chi connectivity index (χ4v) is 3.21. The Morgan fingerprint density at radius 3 is 2.28 bits per heavy atom. The molecule has 4 heteroatoms. The maximum Gasteiger partial charge on any atom is 0.307 e. The van der Waals surface area contributed by atoms with Gasteiger partial charge in [0.05, 0.1) is 11.8 Å². The number of carbonyl (C=O) groups is 2. The number of hydrogen-bond acceptors (Lipinski definition) is 2. The van der Waals surface area contributed by atoms with E-state index in [1.54, 1.807) is 0 Å². The van der Waals surface area contributed by atoms with Crippen LogP contribution in [0.2, 0.25) is 0 Å². The predicted molar refractivity (Wildman–Crippen MR) is 97.3 cm³/mol. The van der Waals surface area contributed by atoms with E-state index in [4.69, 9.17) is 0 Å². The molecule has 0 spiro atoms. The lowest BCUT2D eigenvalue weighted by Gasteiger charge is -2.24. The van der Waals surface area contributed by atoms with Gasteiger partial charge in [0.15, 0.2) is 0 Å².